The van der Waals surface area contributed by atoms with Crippen molar-refractivity contribution in [2.24, 2.45) is 0 Å². The Morgan fingerprint density at radius 2 is 2.16 bits per heavy atom. The molecule has 3 nitrogen and oxygen atoms in total. The van der Waals surface area contributed by atoms with Crippen LogP contribution in [0.1, 0.15) is 18.1 Å². The standard InChI is InChI=1S/C15H17ClN2O/c1-3-17-15-12(5-4-8-18-15)10-19-14-9-13(16)7-6-11(14)2/h4-9H,3,10H2,1-2H3,(H,17,18). The molecule has 4 heteroatoms. The van der Waals surface area contributed by atoms with E-state index in [1.165, 1.54) is 0 Å². The highest BCUT2D eigenvalue weighted by Crippen LogP contribution is 2.24. The van der Waals surface area contributed by atoms with Crippen molar-refractivity contribution in [1.29, 1.82) is 0 Å². The molecule has 1 heterocycles. The monoisotopic (exact) mass is 276 g/mol. The molecule has 0 fully saturated rings. The van der Waals surface area contributed by atoms with Gasteiger partial charge in [0.05, 0.1) is 0 Å². The second kappa shape index (κ2) is 6.43. The molecule has 1 N–H and O–H groups in total. The number of nitrogens with one attached hydrogen (secondary N) is 1. The Morgan fingerprint density at radius 1 is 1.32 bits per heavy atom. The quantitative estimate of drug-likeness (QED) is 0.894. The van der Waals surface area contributed by atoms with Gasteiger partial charge >= 0.3 is 0 Å². The van der Waals surface area contributed by atoms with Crippen molar-refractivity contribution in [1.82, 2.24) is 4.98 Å². The molecule has 0 aliphatic heterocycles. The highest BCUT2D eigenvalue weighted by atomic mass is 35.5. The van der Waals surface area contributed by atoms with Crippen LogP contribution in [0.25, 0.3) is 0 Å². The molecule has 2 aromatic rings. The van der Waals surface area contributed by atoms with Crippen LogP contribution in [0.15, 0.2) is 36.5 Å². The van der Waals surface area contributed by atoms with Gasteiger partial charge in [0.25, 0.3) is 0 Å². The molecule has 0 saturated carbocycles. The number of hydrogen-bond acceptors (Lipinski definition) is 3. The summed E-state index contributed by atoms with van der Waals surface area (Å²) in [5, 5.41) is 3.90. The van der Waals surface area contributed by atoms with E-state index in [2.05, 4.69) is 10.3 Å². The number of halogens is 1. The van der Waals surface area contributed by atoms with Crippen molar-refractivity contribution < 1.29 is 4.74 Å². The predicted octanol–water partition coefficient (Wildman–Crippen LogP) is 4.05. The summed E-state index contributed by atoms with van der Waals surface area (Å²) >= 11 is 5.97. The molecular formula is C15H17ClN2O. The van der Waals surface area contributed by atoms with E-state index in [9.17, 15) is 0 Å². The molecule has 0 saturated heterocycles. The van der Waals surface area contributed by atoms with Gasteiger partial charge in [-0.25, -0.2) is 4.98 Å². The van der Waals surface area contributed by atoms with Crippen LogP contribution in [0.2, 0.25) is 5.02 Å². The lowest BCUT2D eigenvalue weighted by Crippen LogP contribution is -2.06. The number of hydrogen-bond donors (Lipinski definition) is 1. The Labute approximate surface area is 118 Å². The van der Waals surface area contributed by atoms with Gasteiger partial charge < -0.3 is 10.1 Å². The number of ether oxygens (including phenoxy) is 1. The first-order chi connectivity index (χ1) is 9.20. The van der Waals surface area contributed by atoms with E-state index >= 15 is 0 Å². The smallest absolute Gasteiger partial charge is 0.132 e. The van der Waals surface area contributed by atoms with Crippen molar-refractivity contribution in [3.8, 4) is 5.75 Å². The van der Waals surface area contributed by atoms with Gasteiger partial charge in [-0.15, -0.1) is 0 Å². The fraction of sp³-hybridized carbons (Fsp3) is 0.267. The number of aromatic nitrogens is 1. The zero-order valence-corrected chi connectivity index (χ0v) is 11.9. The summed E-state index contributed by atoms with van der Waals surface area (Å²) in [5.41, 5.74) is 2.10. The lowest BCUT2D eigenvalue weighted by atomic mass is 10.2. The molecule has 2 rings (SSSR count). The second-order valence-corrected chi connectivity index (χ2v) is 4.68. The van der Waals surface area contributed by atoms with Gasteiger partial charge in [0.2, 0.25) is 0 Å². The van der Waals surface area contributed by atoms with E-state index in [-0.39, 0.29) is 0 Å². The summed E-state index contributed by atoms with van der Waals surface area (Å²) in [7, 11) is 0. The van der Waals surface area contributed by atoms with Crippen LogP contribution in [0.4, 0.5) is 5.82 Å². The van der Waals surface area contributed by atoms with Gasteiger partial charge in [0, 0.05) is 23.3 Å². The van der Waals surface area contributed by atoms with E-state index in [1.807, 2.05) is 44.2 Å². The van der Waals surface area contributed by atoms with Crippen LogP contribution >= 0.6 is 11.6 Å². The molecule has 0 radical (unpaired) electrons. The number of nitrogens with zero attached hydrogens (tertiary/aromatic N) is 1. The Kier molecular flexibility index (Phi) is 4.63. The van der Waals surface area contributed by atoms with Gasteiger partial charge in [-0.05, 0) is 37.6 Å². The van der Waals surface area contributed by atoms with Crippen molar-refractivity contribution in [3.05, 3.63) is 52.7 Å². The lowest BCUT2D eigenvalue weighted by molar-refractivity contribution is 0.304. The SMILES string of the molecule is CCNc1ncccc1COc1cc(Cl)ccc1C. The maximum atomic E-state index is 5.97. The third-order valence-corrected chi connectivity index (χ3v) is 3.00. The fourth-order valence-corrected chi connectivity index (χ4v) is 1.93. The predicted molar refractivity (Wildman–Crippen MR) is 78.9 cm³/mol. The number of benzene rings is 1. The Balaban J connectivity index is 2.12. The minimum atomic E-state index is 0.470. The average molecular weight is 277 g/mol. The minimum absolute atomic E-state index is 0.470. The Morgan fingerprint density at radius 3 is 2.95 bits per heavy atom. The van der Waals surface area contributed by atoms with Gasteiger partial charge in [0.15, 0.2) is 0 Å². The summed E-state index contributed by atoms with van der Waals surface area (Å²) in [6, 6.07) is 9.55. The number of anilines is 1. The zero-order chi connectivity index (χ0) is 13.7. The molecule has 0 unspecified atom stereocenters. The summed E-state index contributed by atoms with van der Waals surface area (Å²) < 4.78 is 5.83. The maximum Gasteiger partial charge on any atom is 0.132 e. The van der Waals surface area contributed by atoms with Gasteiger partial charge in [-0.3, -0.25) is 0 Å². The molecule has 0 aliphatic carbocycles. The first-order valence-corrected chi connectivity index (χ1v) is 6.65. The highest BCUT2D eigenvalue weighted by molar-refractivity contribution is 6.30. The van der Waals surface area contributed by atoms with Crippen LogP contribution in [-0.4, -0.2) is 11.5 Å². The van der Waals surface area contributed by atoms with Crippen LogP contribution in [0.5, 0.6) is 5.75 Å². The molecule has 0 spiro atoms. The first-order valence-electron chi connectivity index (χ1n) is 6.27. The fourth-order valence-electron chi connectivity index (χ4n) is 1.77. The Bertz CT molecular complexity index is 558. The van der Waals surface area contributed by atoms with Crippen molar-refractivity contribution in [3.63, 3.8) is 0 Å². The van der Waals surface area contributed by atoms with E-state index in [0.717, 1.165) is 29.2 Å². The van der Waals surface area contributed by atoms with E-state index < -0.39 is 0 Å². The first kappa shape index (κ1) is 13.7. The molecular weight excluding hydrogens is 260 g/mol. The van der Waals surface area contributed by atoms with Gasteiger partial charge in [-0.2, -0.15) is 0 Å². The summed E-state index contributed by atoms with van der Waals surface area (Å²) in [6.45, 7) is 5.35. The summed E-state index contributed by atoms with van der Waals surface area (Å²) in [6.07, 6.45) is 1.77. The number of pyridine rings is 1. The second-order valence-electron chi connectivity index (χ2n) is 4.24. The zero-order valence-electron chi connectivity index (χ0n) is 11.1. The molecule has 0 amide bonds. The average Bonchev–Trinajstić information content (AvgIpc) is 2.42. The van der Waals surface area contributed by atoms with Gasteiger partial charge in [0.1, 0.15) is 18.2 Å². The van der Waals surface area contributed by atoms with Gasteiger partial charge in [-0.1, -0.05) is 23.7 Å². The molecule has 19 heavy (non-hydrogen) atoms. The Hall–Kier alpha value is -1.74. The molecule has 0 bridgehead atoms. The van der Waals surface area contributed by atoms with E-state index in [4.69, 9.17) is 16.3 Å². The highest BCUT2D eigenvalue weighted by Gasteiger charge is 2.05. The van der Waals surface area contributed by atoms with Crippen LogP contribution in [0, 0.1) is 6.92 Å². The summed E-state index contributed by atoms with van der Waals surface area (Å²) in [4.78, 5) is 4.30. The van der Waals surface area contributed by atoms with Crippen molar-refractivity contribution >= 4 is 17.4 Å². The largest absolute Gasteiger partial charge is 0.488 e. The van der Waals surface area contributed by atoms with Crippen molar-refractivity contribution in [2.75, 3.05) is 11.9 Å². The van der Waals surface area contributed by atoms with E-state index in [0.29, 0.717) is 11.6 Å². The van der Waals surface area contributed by atoms with Crippen LogP contribution in [0.3, 0.4) is 0 Å². The summed E-state index contributed by atoms with van der Waals surface area (Å²) in [5.74, 6) is 1.67. The van der Waals surface area contributed by atoms with Crippen molar-refractivity contribution in [2.45, 2.75) is 20.5 Å². The molecule has 1 aromatic carbocycles. The van der Waals surface area contributed by atoms with Crippen LogP contribution in [-0.2, 0) is 6.61 Å². The lowest BCUT2D eigenvalue weighted by Gasteiger charge is -2.12. The number of aryl methyl sites for hydroxylation is 1. The third-order valence-electron chi connectivity index (χ3n) is 2.77. The third kappa shape index (κ3) is 3.61. The minimum Gasteiger partial charge on any atom is -0.488 e. The molecule has 0 atom stereocenters. The molecule has 100 valence electrons. The molecule has 0 aliphatic rings. The maximum absolute atomic E-state index is 5.97. The number of rotatable bonds is 5. The van der Waals surface area contributed by atoms with E-state index in [1.54, 1.807) is 6.20 Å². The van der Waals surface area contributed by atoms with Crippen LogP contribution < -0.4 is 10.1 Å². The topological polar surface area (TPSA) is 34.2 Å². The normalized spacial score (nSPS) is 10.3. The molecule has 1 aromatic heterocycles.